The molecule has 0 saturated heterocycles. The zero-order valence-electron chi connectivity index (χ0n) is 16.0. The van der Waals surface area contributed by atoms with Gasteiger partial charge in [0, 0.05) is 5.56 Å². The van der Waals surface area contributed by atoms with Gasteiger partial charge in [-0.25, -0.2) is 0 Å². The fraction of sp³-hybridized carbons (Fsp3) is 0.318. The summed E-state index contributed by atoms with van der Waals surface area (Å²) in [7, 11) is 3.92. The smallest absolute Gasteiger partial charge is 0.231 e. The van der Waals surface area contributed by atoms with Crippen LogP contribution in [0.5, 0.6) is 11.5 Å². The lowest BCUT2D eigenvalue weighted by Crippen LogP contribution is -3.04. The van der Waals surface area contributed by atoms with Gasteiger partial charge in [-0.2, -0.15) is 0 Å². The minimum Gasteiger partial charge on any atom is -0.872 e. The van der Waals surface area contributed by atoms with Gasteiger partial charge in [-0.15, -0.1) is 0 Å². The van der Waals surface area contributed by atoms with Gasteiger partial charge in [0.05, 0.1) is 19.7 Å². The highest BCUT2D eigenvalue weighted by molar-refractivity contribution is 6.14. The number of allylic oxidation sites excluding steroid dienone is 1. The summed E-state index contributed by atoms with van der Waals surface area (Å²) in [6.45, 7) is 7.00. The first-order valence-corrected chi connectivity index (χ1v) is 8.83. The zero-order valence-corrected chi connectivity index (χ0v) is 16.0. The summed E-state index contributed by atoms with van der Waals surface area (Å²) in [6, 6.07) is 11.1. The van der Waals surface area contributed by atoms with Gasteiger partial charge in [0.1, 0.15) is 12.3 Å². The van der Waals surface area contributed by atoms with Crippen LogP contribution in [0.3, 0.4) is 0 Å². The molecule has 1 heterocycles. The quantitative estimate of drug-likeness (QED) is 0.864. The van der Waals surface area contributed by atoms with Gasteiger partial charge in [-0.05, 0) is 28.7 Å². The van der Waals surface area contributed by atoms with Crippen LogP contribution in [0, 0.1) is 0 Å². The third kappa shape index (κ3) is 3.51. The highest BCUT2D eigenvalue weighted by atomic mass is 16.5. The first-order valence-electron chi connectivity index (χ1n) is 8.83. The van der Waals surface area contributed by atoms with Gasteiger partial charge in [0.2, 0.25) is 5.78 Å². The van der Waals surface area contributed by atoms with Crippen molar-refractivity contribution < 1.29 is 19.5 Å². The van der Waals surface area contributed by atoms with E-state index in [-0.39, 0.29) is 22.7 Å². The summed E-state index contributed by atoms with van der Waals surface area (Å²) >= 11 is 0. The fourth-order valence-electron chi connectivity index (χ4n) is 3.04. The second kappa shape index (κ2) is 6.61. The number of Topliss-reactive ketones (excluding diaryl/α,β-unsaturated/α-hetero) is 1. The van der Waals surface area contributed by atoms with Crippen LogP contribution in [0.15, 0.2) is 42.2 Å². The lowest BCUT2D eigenvalue weighted by molar-refractivity contribution is -0.872. The molecule has 1 aliphatic rings. The number of hydrogen-bond acceptors (Lipinski definition) is 3. The van der Waals surface area contributed by atoms with E-state index in [4.69, 9.17) is 4.74 Å². The molecule has 0 unspecified atom stereocenters. The van der Waals surface area contributed by atoms with E-state index in [2.05, 4.69) is 32.9 Å². The van der Waals surface area contributed by atoms with Crippen LogP contribution >= 0.6 is 0 Å². The number of ether oxygens (including phenoxy) is 1. The summed E-state index contributed by atoms with van der Waals surface area (Å²) in [6.07, 6.45) is 1.74. The Morgan fingerprint density at radius 1 is 1.08 bits per heavy atom. The normalized spacial score (nSPS) is 15.5. The second-order valence-electron chi connectivity index (χ2n) is 8.11. The van der Waals surface area contributed by atoms with E-state index in [1.54, 1.807) is 12.1 Å². The van der Waals surface area contributed by atoms with Gasteiger partial charge >= 0.3 is 0 Å². The lowest BCUT2D eigenvalue weighted by atomic mass is 9.86. The Labute approximate surface area is 154 Å². The molecule has 2 aromatic carbocycles. The third-order valence-electron chi connectivity index (χ3n) is 4.50. The summed E-state index contributed by atoms with van der Waals surface area (Å²) in [5.41, 5.74) is 3.24. The Morgan fingerprint density at radius 2 is 1.73 bits per heavy atom. The van der Waals surface area contributed by atoms with E-state index in [0.717, 1.165) is 10.5 Å². The Hall–Kier alpha value is -2.59. The summed E-state index contributed by atoms with van der Waals surface area (Å²) in [5.74, 6) is 0.425. The minimum atomic E-state index is -0.171. The van der Waals surface area contributed by atoms with Crippen LogP contribution in [0.2, 0.25) is 0 Å². The Bertz CT molecular complexity index is 871. The molecule has 4 heteroatoms. The van der Waals surface area contributed by atoms with Crippen LogP contribution in [-0.4, -0.2) is 19.9 Å². The molecule has 2 aromatic rings. The lowest BCUT2D eigenvalue weighted by Gasteiger charge is -2.18. The molecule has 0 aromatic heterocycles. The van der Waals surface area contributed by atoms with E-state index < -0.39 is 0 Å². The van der Waals surface area contributed by atoms with E-state index >= 15 is 0 Å². The van der Waals surface area contributed by atoms with Crippen molar-refractivity contribution in [1.29, 1.82) is 0 Å². The second-order valence-corrected chi connectivity index (χ2v) is 8.11. The maximum atomic E-state index is 12.7. The number of ketones is 1. The van der Waals surface area contributed by atoms with E-state index in [9.17, 15) is 9.90 Å². The number of fused-ring (bicyclic) bond motifs is 1. The molecule has 0 fully saturated rings. The number of rotatable bonds is 3. The maximum Gasteiger partial charge on any atom is 0.231 e. The molecule has 0 saturated carbocycles. The third-order valence-corrected chi connectivity index (χ3v) is 4.50. The van der Waals surface area contributed by atoms with Crippen molar-refractivity contribution in [1.82, 2.24) is 0 Å². The number of benzene rings is 2. The molecule has 26 heavy (non-hydrogen) atoms. The number of quaternary nitrogens is 1. The molecule has 0 aliphatic carbocycles. The van der Waals surface area contributed by atoms with E-state index in [1.165, 1.54) is 11.6 Å². The van der Waals surface area contributed by atoms with Crippen LogP contribution in [0.4, 0.5) is 0 Å². The van der Waals surface area contributed by atoms with Crippen molar-refractivity contribution in [3.05, 3.63) is 64.4 Å². The molecule has 0 amide bonds. The van der Waals surface area contributed by atoms with Crippen molar-refractivity contribution in [2.45, 2.75) is 32.7 Å². The van der Waals surface area contributed by atoms with Crippen LogP contribution in [-0.2, 0) is 12.0 Å². The highest BCUT2D eigenvalue weighted by Crippen LogP contribution is 2.38. The Morgan fingerprint density at radius 3 is 2.31 bits per heavy atom. The maximum absolute atomic E-state index is 12.7. The topological polar surface area (TPSA) is 53.8 Å². The largest absolute Gasteiger partial charge is 0.872 e. The molecule has 0 atom stereocenters. The zero-order chi connectivity index (χ0) is 19.1. The van der Waals surface area contributed by atoms with Gasteiger partial charge in [-0.1, -0.05) is 56.9 Å². The molecule has 1 aliphatic heterocycles. The molecular weight excluding hydrogens is 326 g/mol. The molecule has 3 rings (SSSR count). The van der Waals surface area contributed by atoms with Gasteiger partial charge in [-0.3, -0.25) is 4.79 Å². The predicted octanol–water partition coefficient (Wildman–Crippen LogP) is 2.32. The molecule has 0 spiro atoms. The predicted molar refractivity (Wildman–Crippen MR) is 100 cm³/mol. The molecule has 0 bridgehead atoms. The fourth-order valence-corrected chi connectivity index (χ4v) is 3.04. The number of carbonyl (C=O) groups is 1. The van der Waals surface area contributed by atoms with Crippen molar-refractivity contribution in [3.8, 4) is 11.5 Å². The van der Waals surface area contributed by atoms with E-state index in [1.807, 2.05) is 26.2 Å². The van der Waals surface area contributed by atoms with E-state index in [0.29, 0.717) is 23.4 Å². The monoisotopic (exact) mass is 351 g/mol. The number of nitrogens with one attached hydrogen (secondary N) is 1. The molecule has 136 valence electrons. The summed E-state index contributed by atoms with van der Waals surface area (Å²) in [4.78, 5) is 13.8. The number of carbonyl (C=O) groups excluding carboxylic acids is 1. The molecule has 0 radical (unpaired) electrons. The standard InChI is InChI=1S/C22H25NO3/c1-22(2,3)15-8-6-14(7-9-15)12-19-20(25)16-10-11-18(24)17(13-23(4)5)21(16)26-19/h6-12,24H,13H2,1-5H3/b19-12-. The molecule has 4 nitrogen and oxygen atoms in total. The van der Waals surface area contributed by atoms with Crippen LogP contribution in [0.1, 0.15) is 47.8 Å². The summed E-state index contributed by atoms with van der Waals surface area (Å²) < 4.78 is 5.83. The highest BCUT2D eigenvalue weighted by Gasteiger charge is 2.30. The first-order chi connectivity index (χ1) is 12.2. The first kappa shape index (κ1) is 18.2. The molecular formula is C22H25NO3. The summed E-state index contributed by atoms with van der Waals surface area (Å²) in [5, 5.41) is 12.2. The van der Waals surface area contributed by atoms with Crippen molar-refractivity contribution in [2.75, 3.05) is 14.1 Å². The SMILES string of the molecule is C[NH+](C)Cc1c([O-])ccc2c1O/C(=C\c1ccc(C(C)(C)C)cc1)C2=O. The average molecular weight is 351 g/mol. The minimum absolute atomic E-state index is 0.0789. The van der Waals surface area contributed by atoms with Crippen molar-refractivity contribution in [2.24, 2.45) is 0 Å². The van der Waals surface area contributed by atoms with Crippen LogP contribution in [0.25, 0.3) is 6.08 Å². The van der Waals surface area contributed by atoms with Gasteiger partial charge < -0.3 is 14.7 Å². The van der Waals surface area contributed by atoms with Crippen molar-refractivity contribution in [3.63, 3.8) is 0 Å². The Kier molecular flexibility index (Phi) is 4.63. The Balaban J connectivity index is 1.94. The van der Waals surface area contributed by atoms with Crippen molar-refractivity contribution >= 4 is 11.9 Å². The number of hydrogen-bond donors (Lipinski definition) is 1. The van der Waals surface area contributed by atoms with Crippen LogP contribution < -0.4 is 14.7 Å². The van der Waals surface area contributed by atoms with Gasteiger partial charge in [0.15, 0.2) is 5.76 Å². The molecule has 1 N–H and O–H groups in total. The van der Waals surface area contributed by atoms with Gasteiger partial charge in [0.25, 0.3) is 0 Å². The average Bonchev–Trinajstić information content (AvgIpc) is 2.86.